The molecule has 0 heterocycles. The first-order chi connectivity index (χ1) is 7.63. The molecule has 0 saturated heterocycles. The lowest BCUT2D eigenvalue weighted by atomic mass is 9.64. The van der Waals surface area contributed by atoms with E-state index in [0.717, 1.165) is 30.4 Å². The quantitative estimate of drug-likeness (QED) is 0.765. The number of ether oxygens (including phenoxy) is 1. The molecule has 16 heavy (non-hydrogen) atoms. The third kappa shape index (κ3) is 1.46. The van der Waals surface area contributed by atoms with E-state index in [2.05, 4.69) is 6.07 Å². The van der Waals surface area contributed by atoms with Gasteiger partial charge in [0.05, 0.1) is 18.6 Å². The summed E-state index contributed by atoms with van der Waals surface area (Å²) < 4.78 is 18.4. The Hall–Kier alpha value is -1.56. The molecule has 0 radical (unpaired) electrons. The molecular weight excluding hydrogens is 205 g/mol. The molecule has 2 rings (SSSR count). The predicted molar refractivity (Wildman–Crippen MR) is 58.8 cm³/mol. The lowest BCUT2D eigenvalue weighted by Crippen LogP contribution is -2.33. The van der Waals surface area contributed by atoms with E-state index in [1.54, 1.807) is 6.07 Å². The number of aryl methyl sites for hydroxylation is 1. The number of rotatable bonds is 2. The molecule has 1 aliphatic carbocycles. The molecule has 84 valence electrons. The first-order valence-electron chi connectivity index (χ1n) is 5.39. The Bertz CT molecular complexity index is 458. The van der Waals surface area contributed by atoms with E-state index in [1.165, 1.54) is 13.2 Å². The second kappa shape index (κ2) is 3.79. The van der Waals surface area contributed by atoms with Crippen molar-refractivity contribution in [1.29, 1.82) is 5.26 Å². The van der Waals surface area contributed by atoms with Gasteiger partial charge in [-0.2, -0.15) is 5.26 Å². The summed E-state index contributed by atoms with van der Waals surface area (Å²) in [4.78, 5) is 0. The SMILES string of the molecule is COc1cc(C2(C#N)CCC2)c(C)cc1F. The minimum Gasteiger partial charge on any atom is -0.494 e. The number of benzene rings is 1. The summed E-state index contributed by atoms with van der Waals surface area (Å²) in [6.07, 6.45) is 2.78. The maximum Gasteiger partial charge on any atom is 0.165 e. The van der Waals surface area contributed by atoms with Crippen molar-refractivity contribution in [2.24, 2.45) is 0 Å². The smallest absolute Gasteiger partial charge is 0.165 e. The summed E-state index contributed by atoms with van der Waals surface area (Å²) in [5.74, 6) is -0.140. The van der Waals surface area contributed by atoms with E-state index in [1.807, 2.05) is 6.92 Å². The molecule has 0 N–H and O–H groups in total. The molecule has 1 aromatic rings. The highest BCUT2D eigenvalue weighted by Gasteiger charge is 2.40. The van der Waals surface area contributed by atoms with Crippen molar-refractivity contribution in [3.05, 3.63) is 29.1 Å². The molecule has 0 aliphatic heterocycles. The maximum atomic E-state index is 13.4. The summed E-state index contributed by atoms with van der Waals surface area (Å²) in [5.41, 5.74) is 1.34. The summed E-state index contributed by atoms with van der Waals surface area (Å²) in [7, 11) is 1.44. The Labute approximate surface area is 94.7 Å². The standard InChI is InChI=1S/C13H14FNO/c1-9-6-11(14)12(16-2)7-10(9)13(8-15)4-3-5-13/h6-7H,3-5H2,1-2H3. The fourth-order valence-corrected chi connectivity index (χ4v) is 2.30. The van der Waals surface area contributed by atoms with Crippen LogP contribution in [0, 0.1) is 24.1 Å². The van der Waals surface area contributed by atoms with Gasteiger partial charge in [-0.3, -0.25) is 0 Å². The van der Waals surface area contributed by atoms with Gasteiger partial charge >= 0.3 is 0 Å². The van der Waals surface area contributed by atoms with Crippen LogP contribution in [-0.4, -0.2) is 7.11 Å². The second-order valence-electron chi connectivity index (χ2n) is 4.35. The number of hydrogen-bond donors (Lipinski definition) is 0. The predicted octanol–water partition coefficient (Wildman–Crippen LogP) is 3.09. The van der Waals surface area contributed by atoms with E-state index in [4.69, 9.17) is 4.74 Å². The normalized spacial score (nSPS) is 17.4. The molecule has 3 heteroatoms. The van der Waals surface area contributed by atoms with Crippen LogP contribution in [-0.2, 0) is 5.41 Å². The van der Waals surface area contributed by atoms with Gasteiger partial charge in [0, 0.05) is 0 Å². The van der Waals surface area contributed by atoms with Gasteiger partial charge in [-0.25, -0.2) is 4.39 Å². The van der Waals surface area contributed by atoms with Gasteiger partial charge in [0.25, 0.3) is 0 Å². The van der Waals surface area contributed by atoms with Gasteiger partial charge in [-0.1, -0.05) is 0 Å². The summed E-state index contributed by atoms with van der Waals surface area (Å²) in [6.45, 7) is 1.84. The van der Waals surface area contributed by atoms with Gasteiger partial charge in [0.1, 0.15) is 0 Å². The third-order valence-electron chi connectivity index (χ3n) is 3.44. The van der Waals surface area contributed by atoms with Crippen LogP contribution in [0.1, 0.15) is 30.4 Å². The van der Waals surface area contributed by atoms with E-state index < -0.39 is 5.41 Å². The molecule has 0 bridgehead atoms. The van der Waals surface area contributed by atoms with Crippen LogP contribution in [0.4, 0.5) is 4.39 Å². The fourth-order valence-electron chi connectivity index (χ4n) is 2.30. The number of halogens is 1. The van der Waals surface area contributed by atoms with Crippen LogP contribution in [0.25, 0.3) is 0 Å². The largest absolute Gasteiger partial charge is 0.494 e. The molecule has 1 fully saturated rings. The Kier molecular flexibility index (Phi) is 2.59. The molecule has 0 unspecified atom stereocenters. The van der Waals surface area contributed by atoms with Crippen molar-refractivity contribution in [1.82, 2.24) is 0 Å². The minimum atomic E-state index is -0.412. The topological polar surface area (TPSA) is 33.0 Å². The van der Waals surface area contributed by atoms with E-state index in [0.29, 0.717) is 0 Å². The monoisotopic (exact) mass is 219 g/mol. The van der Waals surface area contributed by atoms with Crippen molar-refractivity contribution < 1.29 is 9.13 Å². The molecule has 1 aliphatic rings. The summed E-state index contributed by atoms with van der Waals surface area (Å²) in [6, 6.07) is 5.49. The zero-order chi connectivity index (χ0) is 11.8. The van der Waals surface area contributed by atoms with Crippen molar-refractivity contribution in [2.45, 2.75) is 31.6 Å². The summed E-state index contributed by atoms with van der Waals surface area (Å²) >= 11 is 0. The Morgan fingerprint density at radius 1 is 1.44 bits per heavy atom. The number of nitrogens with zero attached hydrogens (tertiary/aromatic N) is 1. The highest BCUT2D eigenvalue weighted by Crippen LogP contribution is 2.45. The first kappa shape index (κ1) is 10.9. The van der Waals surface area contributed by atoms with Gasteiger partial charge in [-0.05, 0) is 49.4 Å². The maximum absolute atomic E-state index is 13.4. The van der Waals surface area contributed by atoms with Gasteiger partial charge < -0.3 is 4.74 Å². The third-order valence-corrected chi connectivity index (χ3v) is 3.44. The van der Waals surface area contributed by atoms with Crippen LogP contribution < -0.4 is 4.74 Å². The van der Waals surface area contributed by atoms with Crippen molar-refractivity contribution in [3.63, 3.8) is 0 Å². The second-order valence-corrected chi connectivity index (χ2v) is 4.35. The van der Waals surface area contributed by atoms with Gasteiger partial charge in [0.2, 0.25) is 0 Å². The highest BCUT2D eigenvalue weighted by atomic mass is 19.1. The molecule has 2 nitrogen and oxygen atoms in total. The molecule has 0 aromatic heterocycles. The van der Waals surface area contributed by atoms with E-state index >= 15 is 0 Å². The lowest BCUT2D eigenvalue weighted by molar-refractivity contribution is 0.319. The number of nitriles is 1. The lowest BCUT2D eigenvalue weighted by Gasteiger charge is -2.36. The van der Waals surface area contributed by atoms with Crippen LogP contribution in [0.2, 0.25) is 0 Å². The minimum absolute atomic E-state index is 0.224. The molecule has 1 saturated carbocycles. The first-order valence-corrected chi connectivity index (χ1v) is 5.39. The highest BCUT2D eigenvalue weighted by molar-refractivity contribution is 5.45. The van der Waals surface area contributed by atoms with Crippen LogP contribution in [0.15, 0.2) is 12.1 Å². The van der Waals surface area contributed by atoms with Crippen LogP contribution in [0.3, 0.4) is 0 Å². The molecule has 0 atom stereocenters. The fraction of sp³-hybridized carbons (Fsp3) is 0.462. The zero-order valence-corrected chi connectivity index (χ0v) is 9.51. The van der Waals surface area contributed by atoms with E-state index in [-0.39, 0.29) is 11.6 Å². The number of hydrogen-bond acceptors (Lipinski definition) is 2. The average molecular weight is 219 g/mol. The van der Waals surface area contributed by atoms with Crippen LogP contribution in [0.5, 0.6) is 5.75 Å². The van der Waals surface area contributed by atoms with Crippen molar-refractivity contribution in [2.75, 3.05) is 7.11 Å². The Balaban J connectivity index is 2.53. The molecular formula is C13H14FNO. The molecule has 0 amide bonds. The summed E-state index contributed by atoms with van der Waals surface area (Å²) in [5, 5.41) is 9.26. The van der Waals surface area contributed by atoms with Gasteiger partial charge in [-0.15, -0.1) is 0 Å². The van der Waals surface area contributed by atoms with Gasteiger partial charge in [0.15, 0.2) is 11.6 Å². The van der Waals surface area contributed by atoms with Crippen molar-refractivity contribution in [3.8, 4) is 11.8 Å². The van der Waals surface area contributed by atoms with Crippen LogP contribution >= 0.6 is 0 Å². The Morgan fingerprint density at radius 3 is 2.56 bits per heavy atom. The molecule has 1 aromatic carbocycles. The van der Waals surface area contributed by atoms with E-state index in [9.17, 15) is 9.65 Å². The zero-order valence-electron chi connectivity index (χ0n) is 9.51. The van der Waals surface area contributed by atoms with Crippen molar-refractivity contribution >= 4 is 0 Å². The average Bonchev–Trinajstić information content (AvgIpc) is 2.20. The number of methoxy groups -OCH3 is 1. The molecule has 0 spiro atoms. The Morgan fingerprint density at radius 2 is 2.12 bits per heavy atom.